The van der Waals surface area contributed by atoms with Crippen LogP contribution < -0.4 is 0 Å². The van der Waals surface area contributed by atoms with Crippen molar-refractivity contribution in [1.82, 2.24) is 14.8 Å². The van der Waals surface area contributed by atoms with Crippen LogP contribution >= 0.6 is 34.2 Å². The van der Waals surface area contributed by atoms with Crippen LogP contribution in [0.2, 0.25) is 5.15 Å². The maximum atomic E-state index is 5.70. The quantitative estimate of drug-likeness (QED) is 0.758. The van der Waals surface area contributed by atoms with E-state index in [2.05, 4.69) is 32.7 Å². The van der Waals surface area contributed by atoms with E-state index < -0.39 is 0 Å². The van der Waals surface area contributed by atoms with Gasteiger partial charge in [0.05, 0.1) is 3.57 Å². The molecule has 0 fully saturated rings. The molecule has 0 aliphatic rings. The minimum absolute atomic E-state index is 0.474. The summed E-state index contributed by atoms with van der Waals surface area (Å²) < 4.78 is 2.70. The van der Waals surface area contributed by atoms with Crippen molar-refractivity contribution >= 4 is 34.2 Å². The van der Waals surface area contributed by atoms with E-state index in [0.29, 0.717) is 5.15 Å². The fourth-order valence-corrected chi connectivity index (χ4v) is 1.70. The SMILES string of the molecule is Clc1ccn(-c2ncccc2I)n1. The standard InChI is InChI=1S/C8H5ClIN3/c9-7-3-5-13(12-7)8-6(10)2-1-4-11-8/h1-5H. The van der Waals surface area contributed by atoms with Crippen molar-refractivity contribution in [3.8, 4) is 5.82 Å². The summed E-state index contributed by atoms with van der Waals surface area (Å²) >= 11 is 7.91. The van der Waals surface area contributed by atoms with E-state index in [9.17, 15) is 0 Å². The van der Waals surface area contributed by atoms with Gasteiger partial charge in [-0.2, -0.15) is 5.10 Å². The maximum Gasteiger partial charge on any atom is 0.166 e. The highest BCUT2D eigenvalue weighted by Gasteiger charge is 2.03. The van der Waals surface area contributed by atoms with Crippen LogP contribution in [0, 0.1) is 3.57 Å². The van der Waals surface area contributed by atoms with Crippen LogP contribution in [0.5, 0.6) is 0 Å². The van der Waals surface area contributed by atoms with Crippen molar-refractivity contribution in [3.63, 3.8) is 0 Å². The number of pyridine rings is 1. The van der Waals surface area contributed by atoms with E-state index in [1.807, 2.05) is 12.1 Å². The lowest BCUT2D eigenvalue weighted by molar-refractivity contribution is 0.841. The summed E-state index contributed by atoms with van der Waals surface area (Å²) in [5.41, 5.74) is 0. The van der Waals surface area contributed by atoms with Crippen LogP contribution in [-0.4, -0.2) is 14.8 Å². The molecule has 2 aromatic heterocycles. The van der Waals surface area contributed by atoms with E-state index in [0.717, 1.165) is 9.39 Å². The summed E-state index contributed by atoms with van der Waals surface area (Å²) in [5, 5.41) is 4.53. The highest BCUT2D eigenvalue weighted by Crippen LogP contribution is 2.14. The van der Waals surface area contributed by atoms with E-state index in [-0.39, 0.29) is 0 Å². The normalized spacial score (nSPS) is 10.3. The zero-order chi connectivity index (χ0) is 9.26. The summed E-state index contributed by atoms with van der Waals surface area (Å²) in [5.74, 6) is 0.801. The van der Waals surface area contributed by atoms with Crippen molar-refractivity contribution in [2.45, 2.75) is 0 Å². The molecule has 2 aromatic rings. The van der Waals surface area contributed by atoms with Gasteiger partial charge in [-0.15, -0.1) is 0 Å². The molecule has 0 unspecified atom stereocenters. The van der Waals surface area contributed by atoms with Gasteiger partial charge in [-0.25, -0.2) is 9.67 Å². The molecule has 0 radical (unpaired) electrons. The van der Waals surface area contributed by atoms with E-state index >= 15 is 0 Å². The van der Waals surface area contributed by atoms with Crippen molar-refractivity contribution in [1.29, 1.82) is 0 Å². The first kappa shape index (κ1) is 8.96. The molecule has 0 saturated heterocycles. The van der Waals surface area contributed by atoms with Crippen LogP contribution in [0.4, 0.5) is 0 Å². The molecule has 0 saturated carbocycles. The monoisotopic (exact) mass is 305 g/mol. The lowest BCUT2D eigenvalue weighted by Crippen LogP contribution is -1.99. The van der Waals surface area contributed by atoms with Gasteiger partial charge in [0.2, 0.25) is 0 Å². The van der Waals surface area contributed by atoms with E-state index in [1.165, 1.54) is 0 Å². The van der Waals surface area contributed by atoms with Crippen molar-refractivity contribution in [2.75, 3.05) is 0 Å². The largest absolute Gasteiger partial charge is 0.236 e. The molecule has 3 nitrogen and oxygen atoms in total. The zero-order valence-electron chi connectivity index (χ0n) is 6.48. The number of rotatable bonds is 1. The molecule has 13 heavy (non-hydrogen) atoms. The summed E-state index contributed by atoms with van der Waals surface area (Å²) in [7, 11) is 0. The van der Waals surface area contributed by atoms with Gasteiger partial charge in [0.1, 0.15) is 0 Å². The van der Waals surface area contributed by atoms with Crippen LogP contribution in [0.15, 0.2) is 30.6 Å². The smallest absolute Gasteiger partial charge is 0.166 e. The van der Waals surface area contributed by atoms with Crippen molar-refractivity contribution in [2.24, 2.45) is 0 Å². The highest BCUT2D eigenvalue weighted by atomic mass is 127. The molecule has 0 bridgehead atoms. The predicted molar refractivity (Wildman–Crippen MR) is 59.1 cm³/mol. The second kappa shape index (κ2) is 3.63. The third-order valence-electron chi connectivity index (χ3n) is 1.51. The van der Waals surface area contributed by atoms with Crippen molar-refractivity contribution < 1.29 is 0 Å². The maximum absolute atomic E-state index is 5.70. The molecule has 0 aliphatic carbocycles. The van der Waals surface area contributed by atoms with Crippen LogP contribution in [-0.2, 0) is 0 Å². The molecule has 5 heteroatoms. The first-order valence-electron chi connectivity index (χ1n) is 3.59. The predicted octanol–water partition coefficient (Wildman–Crippen LogP) is 2.53. The van der Waals surface area contributed by atoms with E-state index in [4.69, 9.17) is 11.6 Å². The summed E-state index contributed by atoms with van der Waals surface area (Å²) in [6, 6.07) is 5.58. The molecular weight excluding hydrogens is 300 g/mol. The molecule has 0 aromatic carbocycles. The van der Waals surface area contributed by atoms with Gasteiger partial charge in [0.15, 0.2) is 11.0 Å². The fraction of sp³-hybridized carbons (Fsp3) is 0. The van der Waals surface area contributed by atoms with Gasteiger partial charge >= 0.3 is 0 Å². The average Bonchev–Trinajstić information content (AvgIpc) is 2.53. The number of halogens is 2. The fourth-order valence-electron chi connectivity index (χ4n) is 0.966. The Morgan fingerprint density at radius 3 is 2.85 bits per heavy atom. The topological polar surface area (TPSA) is 30.7 Å². The third-order valence-corrected chi connectivity index (χ3v) is 2.56. The highest BCUT2D eigenvalue weighted by molar-refractivity contribution is 14.1. The van der Waals surface area contributed by atoms with Crippen LogP contribution in [0.3, 0.4) is 0 Å². The Labute approximate surface area is 93.9 Å². The number of nitrogens with zero attached hydrogens (tertiary/aromatic N) is 3. The Hall–Kier alpha value is -0.620. The molecule has 2 rings (SSSR count). The van der Waals surface area contributed by atoms with Gasteiger partial charge in [0.25, 0.3) is 0 Å². The Morgan fingerprint density at radius 2 is 2.23 bits per heavy atom. The van der Waals surface area contributed by atoms with Gasteiger partial charge in [-0.3, -0.25) is 0 Å². The minimum atomic E-state index is 0.474. The second-order valence-corrected chi connectivity index (χ2v) is 3.94. The first-order valence-corrected chi connectivity index (χ1v) is 5.05. The lowest BCUT2D eigenvalue weighted by Gasteiger charge is -2.00. The molecular formula is C8H5ClIN3. The van der Waals surface area contributed by atoms with Gasteiger partial charge in [-0.1, -0.05) is 11.6 Å². The summed E-state index contributed by atoms with van der Waals surface area (Å²) in [4.78, 5) is 4.20. The number of hydrogen-bond acceptors (Lipinski definition) is 2. The second-order valence-electron chi connectivity index (χ2n) is 2.39. The lowest BCUT2D eigenvalue weighted by atomic mass is 10.5. The van der Waals surface area contributed by atoms with Gasteiger partial charge < -0.3 is 0 Å². The Kier molecular flexibility index (Phi) is 2.50. The van der Waals surface area contributed by atoms with Gasteiger partial charge in [0, 0.05) is 12.4 Å². The minimum Gasteiger partial charge on any atom is -0.236 e. The molecule has 2 heterocycles. The molecule has 0 N–H and O–H groups in total. The third kappa shape index (κ3) is 1.83. The first-order chi connectivity index (χ1) is 6.27. The zero-order valence-corrected chi connectivity index (χ0v) is 9.40. The average molecular weight is 306 g/mol. The Morgan fingerprint density at radius 1 is 1.38 bits per heavy atom. The Balaban J connectivity index is 2.52. The number of hydrogen-bond donors (Lipinski definition) is 0. The van der Waals surface area contributed by atoms with Crippen molar-refractivity contribution in [3.05, 3.63) is 39.3 Å². The van der Waals surface area contributed by atoms with Gasteiger partial charge in [-0.05, 0) is 40.8 Å². The molecule has 0 aliphatic heterocycles. The molecule has 0 spiro atoms. The molecule has 66 valence electrons. The Bertz CT molecular complexity index is 427. The summed E-state index contributed by atoms with van der Waals surface area (Å²) in [6.45, 7) is 0. The van der Waals surface area contributed by atoms with Crippen LogP contribution in [0.25, 0.3) is 5.82 Å². The van der Waals surface area contributed by atoms with E-state index in [1.54, 1.807) is 23.1 Å². The molecule has 0 amide bonds. The summed E-state index contributed by atoms with van der Waals surface area (Å²) in [6.07, 6.45) is 3.51. The molecule has 0 atom stereocenters. The number of aromatic nitrogens is 3. The van der Waals surface area contributed by atoms with Crippen LogP contribution in [0.1, 0.15) is 0 Å².